The number of nitrogens with zero attached hydrogens (tertiary/aromatic N) is 2. The van der Waals surface area contributed by atoms with E-state index in [0.717, 1.165) is 21.1 Å². The van der Waals surface area contributed by atoms with Crippen molar-refractivity contribution >= 4 is 12.2 Å². The Labute approximate surface area is 153 Å². The van der Waals surface area contributed by atoms with Crippen LogP contribution >= 0.6 is 0 Å². The molecule has 0 radical (unpaired) electrons. The van der Waals surface area contributed by atoms with E-state index in [-0.39, 0.29) is 13.2 Å². The van der Waals surface area contributed by atoms with E-state index in [0.29, 0.717) is 12.8 Å². The number of ether oxygens (including phenoxy) is 2. The number of carbonyl (C=O) groups excluding carboxylic acids is 2. The molecule has 0 saturated heterocycles. The standard InChI is InChI=1S/C20H24N2O4/c1-21(19(23)25-15-13-17-9-5-3-6-10-17)22(2)20(24)26-16-14-18-11-7-4-8-12-18/h3-12H,13-16H2,1-2H3. The molecule has 0 bridgehead atoms. The lowest BCUT2D eigenvalue weighted by Gasteiger charge is -2.26. The molecule has 0 saturated carbocycles. The highest BCUT2D eigenvalue weighted by Crippen LogP contribution is 2.04. The van der Waals surface area contributed by atoms with Crippen LogP contribution in [0.1, 0.15) is 11.1 Å². The minimum Gasteiger partial charge on any atom is -0.448 e. The average molecular weight is 356 g/mol. The average Bonchev–Trinajstić information content (AvgIpc) is 2.68. The van der Waals surface area contributed by atoms with Gasteiger partial charge in [-0.3, -0.25) is 0 Å². The van der Waals surface area contributed by atoms with E-state index >= 15 is 0 Å². The monoisotopic (exact) mass is 356 g/mol. The number of rotatable bonds is 6. The zero-order valence-electron chi connectivity index (χ0n) is 15.1. The molecule has 0 spiro atoms. The normalized spacial score (nSPS) is 10.1. The summed E-state index contributed by atoms with van der Waals surface area (Å²) >= 11 is 0. The molecule has 2 aromatic rings. The summed E-state index contributed by atoms with van der Waals surface area (Å²) in [5.41, 5.74) is 2.16. The lowest BCUT2D eigenvalue weighted by molar-refractivity contribution is 0.00697. The van der Waals surface area contributed by atoms with Crippen molar-refractivity contribution in [2.75, 3.05) is 27.3 Å². The van der Waals surface area contributed by atoms with Crippen LogP contribution in [0.5, 0.6) is 0 Å². The highest BCUT2D eigenvalue weighted by molar-refractivity contribution is 5.73. The zero-order chi connectivity index (χ0) is 18.8. The summed E-state index contributed by atoms with van der Waals surface area (Å²) in [6, 6.07) is 19.5. The van der Waals surface area contributed by atoms with Crippen LogP contribution in [0.15, 0.2) is 60.7 Å². The van der Waals surface area contributed by atoms with E-state index in [1.807, 2.05) is 60.7 Å². The second-order valence-electron chi connectivity index (χ2n) is 5.75. The molecule has 0 aliphatic rings. The fourth-order valence-electron chi connectivity index (χ4n) is 2.23. The van der Waals surface area contributed by atoms with Crippen molar-refractivity contribution in [1.29, 1.82) is 0 Å². The van der Waals surface area contributed by atoms with E-state index in [4.69, 9.17) is 9.47 Å². The SMILES string of the molecule is CN(C(=O)OCCc1ccccc1)N(C)C(=O)OCCc1ccccc1. The molecule has 6 heteroatoms. The molecule has 0 fully saturated rings. The number of carbonyl (C=O) groups is 2. The molecule has 2 rings (SSSR count). The molecule has 6 nitrogen and oxygen atoms in total. The van der Waals surface area contributed by atoms with Crippen molar-refractivity contribution in [1.82, 2.24) is 10.0 Å². The second-order valence-corrected chi connectivity index (χ2v) is 5.75. The van der Waals surface area contributed by atoms with Crippen LogP contribution in [0.4, 0.5) is 9.59 Å². The lowest BCUT2D eigenvalue weighted by Crippen LogP contribution is -2.45. The molecule has 138 valence electrons. The Balaban J connectivity index is 1.69. The van der Waals surface area contributed by atoms with Crippen LogP contribution in [-0.4, -0.2) is 49.5 Å². The predicted molar refractivity (Wildman–Crippen MR) is 98.5 cm³/mol. The van der Waals surface area contributed by atoms with Gasteiger partial charge in [-0.2, -0.15) is 0 Å². The van der Waals surface area contributed by atoms with Crippen LogP contribution in [0.3, 0.4) is 0 Å². The first-order chi connectivity index (χ1) is 12.6. The van der Waals surface area contributed by atoms with Crippen LogP contribution in [0.2, 0.25) is 0 Å². The van der Waals surface area contributed by atoms with E-state index < -0.39 is 12.2 Å². The number of hydrazine groups is 1. The molecule has 2 aromatic carbocycles. The van der Waals surface area contributed by atoms with Crippen LogP contribution in [0, 0.1) is 0 Å². The van der Waals surface area contributed by atoms with Crippen molar-refractivity contribution < 1.29 is 19.1 Å². The number of amides is 2. The maximum atomic E-state index is 12.0. The lowest BCUT2D eigenvalue weighted by atomic mass is 10.2. The molecular weight excluding hydrogens is 332 g/mol. The third-order valence-corrected chi connectivity index (χ3v) is 3.90. The first kappa shape index (κ1) is 19.3. The van der Waals surface area contributed by atoms with Gasteiger partial charge >= 0.3 is 12.2 Å². The van der Waals surface area contributed by atoms with E-state index in [9.17, 15) is 9.59 Å². The van der Waals surface area contributed by atoms with Gasteiger partial charge in [-0.25, -0.2) is 19.6 Å². The van der Waals surface area contributed by atoms with Gasteiger partial charge < -0.3 is 9.47 Å². The highest BCUT2D eigenvalue weighted by atomic mass is 16.6. The Kier molecular flexibility index (Phi) is 7.49. The largest absolute Gasteiger partial charge is 0.448 e. The van der Waals surface area contributed by atoms with Crippen molar-refractivity contribution in [2.45, 2.75) is 12.8 Å². The Morgan fingerprint density at radius 1 is 0.692 bits per heavy atom. The van der Waals surface area contributed by atoms with Gasteiger partial charge in [0.05, 0.1) is 13.2 Å². The Bertz CT molecular complexity index is 630. The summed E-state index contributed by atoms with van der Waals surface area (Å²) in [5.74, 6) is 0. The summed E-state index contributed by atoms with van der Waals surface area (Å²) in [6.07, 6.45) is 0.0176. The Morgan fingerprint density at radius 2 is 1.04 bits per heavy atom. The minimum atomic E-state index is -0.608. The predicted octanol–water partition coefficient (Wildman–Crippen LogP) is 3.52. The van der Waals surface area contributed by atoms with Crippen molar-refractivity contribution in [2.24, 2.45) is 0 Å². The van der Waals surface area contributed by atoms with Gasteiger partial charge in [0.1, 0.15) is 0 Å². The quantitative estimate of drug-likeness (QED) is 0.743. The summed E-state index contributed by atoms with van der Waals surface area (Å²) in [7, 11) is 2.92. The summed E-state index contributed by atoms with van der Waals surface area (Å²) < 4.78 is 10.4. The highest BCUT2D eigenvalue weighted by Gasteiger charge is 2.21. The molecule has 0 N–H and O–H groups in total. The Morgan fingerprint density at radius 3 is 1.38 bits per heavy atom. The molecule has 26 heavy (non-hydrogen) atoms. The smallest absolute Gasteiger partial charge is 0.428 e. The minimum absolute atomic E-state index is 0.240. The van der Waals surface area contributed by atoms with Crippen LogP contribution in [0.25, 0.3) is 0 Å². The van der Waals surface area contributed by atoms with Gasteiger partial charge in [0.25, 0.3) is 0 Å². The molecule has 0 aromatic heterocycles. The summed E-state index contributed by atoms with van der Waals surface area (Å²) in [5, 5.41) is 2.19. The van der Waals surface area contributed by atoms with Crippen molar-refractivity contribution in [3.05, 3.63) is 71.8 Å². The number of hydrogen-bond acceptors (Lipinski definition) is 4. The maximum Gasteiger partial charge on any atom is 0.428 e. The molecule has 0 unspecified atom stereocenters. The van der Waals surface area contributed by atoms with Gasteiger partial charge in [-0.05, 0) is 11.1 Å². The van der Waals surface area contributed by atoms with E-state index in [2.05, 4.69) is 0 Å². The van der Waals surface area contributed by atoms with Gasteiger partial charge in [0.2, 0.25) is 0 Å². The van der Waals surface area contributed by atoms with Crippen molar-refractivity contribution in [3.8, 4) is 0 Å². The van der Waals surface area contributed by atoms with Crippen LogP contribution in [-0.2, 0) is 22.3 Å². The first-order valence-corrected chi connectivity index (χ1v) is 8.46. The Hall–Kier alpha value is -3.02. The maximum absolute atomic E-state index is 12.0. The van der Waals surface area contributed by atoms with E-state index in [1.54, 1.807) is 0 Å². The molecular formula is C20H24N2O4. The van der Waals surface area contributed by atoms with E-state index in [1.165, 1.54) is 14.1 Å². The third-order valence-electron chi connectivity index (χ3n) is 3.90. The molecule has 0 heterocycles. The van der Waals surface area contributed by atoms with Crippen LogP contribution < -0.4 is 0 Å². The summed E-state index contributed by atoms with van der Waals surface area (Å²) in [4.78, 5) is 24.1. The number of hydrogen-bond donors (Lipinski definition) is 0. The van der Waals surface area contributed by atoms with Gasteiger partial charge in [-0.1, -0.05) is 60.7 Å². The second kappa shape index (κ2) is 10.1. The third kappa shape index (κ3) is 6.12. The van der Waals surface area contributed by atoms with Crippen molar-refractivity contribution in [3.63, 3.8) is 0 Å². The molecule has 2 amide bonds. The number of benzene rings is 2. The summed E-state index contributed by atoms with van der Waals surface area (Å²) in [6.45, 7) is 0.480. The fourth-order valence-corrected chi connectivity index (χ4v) is 2.23. The topological polar surface area (TPSA) is 59.1 Å². The fraction of sp³-hybridized carbons (Fsp3) is 0.300. The molecule has 0 atom stereocenters. The molecule has 0 aliphatic carbocycles. The molecule has 0 aliphatic heterocycles. The van der Waals surface area contributed by atoms with Gasteiger partial charge in [-0.15, -0.1) is 0 Å². The van der Waals surface area contributed by atoms with Gasteiger partial charge in [0.15, 0.2) is 0 Å². The first-order valence-electron chi connectivity index (χ1n) is 8.46. The zero-order valence-corrected chi connectivity index (χ0v) is 15.1. The van der Waals surface area contributed by atoms with Gasteiger partial charge in [0, 0.05) is 26.9 Å².